The minimum atomic E-state index is -4.61. The smallest absolute Gasteiger partial charge is 0.416 e. The summed E-state index contributed by atoms with van der Waals surface area (Å²) in [4.78, 5) is 15.9. The number of hydrogen-bond donors (Lipinski definition) is 1. The van der Waals surface area contributed by atoms with Crippen molar-refractivity contribution in [1.82, 2.24) is 9.55 Å². The third kappa shape index (κ3) is 3.12. The average molecular weight is 370 g/mol. The van der Waals surface area contributed by atoms with E-state index in [0.717, 1.165) is 22.5 Å². The monoisotopic (exact) mass is 370 g/mol. The Morgan fingerprint density at radius 2 is 1.85 bits per heavy atom. The summed E-state index contributed by atoms with van der Waals surface area (Å²) in [6.07, 6.45) is -1.34. The maximum atomic E-state index is 13.1. The molecule has 0 atom stereocenters. The fourth-order valence-corrected chi connectivity index (χ4v) is 3.21. The summed E-state index contributed by atoms with van der Waals surface area (Å²) in [5.41, 5.74) is 0.557. The van der Waals surface area contributed by atoms with Gasteiger partial charge in [-0.15, -0.1) is 0 Å². The molecule has 0 aliphatic carbocycles. The van der Waals surface area contributed by atoms with Gasteiger partial charge < -0.3 is 9.67 Å². The van der Waals surface area contributed by atoms with Crippen molar-refractivity contribution in [2.24, 2.45) is 0 Å². The van der Waals surface area contributed by atoms with Crippen LogP contribution in [0.5, 0.6) is 0 Å². The van der Waals surface area contributed by atoms with Crippen LogP contribution < -0.4 is 0 Å². The second-order valence-corrected chi connectivity index (χ2v) is 6.24. The van der Waals surface area contributed by atoms with Crippen LogP contribution in [-0.4, -0.2) is 20.6 Å². The molecule has 1 N–H and O–H groups in total. The van der Waals surface area contributed by atoms with E-state index >= 15 is 0 Å². The average Bonchev–Trinajstić information content (AvgIpc) is 3.03. The molecule has 7 heteroatoms. The van der Waals surface area contributed by atoms with E-state index in [9.17, 15) is 23.1 Å². The van der Waals surface area contributed by atoms with E-state index in [1.54, 1.807) is 17.0 Å². The lowest BCUT2D eigenvalue weighted by Gasteiger charge is -2.12. The third-order valence-corrected chi connectivity index (χ3v) is 4.42. The first-order chi connectivity index (χ1) is 12.8. The van der Waals surface area contributed by atoms with Crippen LogP contribution in [-0.2, 0) is 12.7 Å². The first kappa shape index (κ1) is 17.1. The number of carboxylic acid groups (broad SMARTS) is 1. The number of alkyl halides is 3. The van der Waals surface area contributed by atoms with Gasteiger partial charge >= 0.3 is 12.1 Å². The quantitative estimate of drug-likeness (QED) is 0.555. The van der Waals surface area contributed by atoms with Crippen LogP contribution >= 0.6 is 0 Å². The topological polar surface area (TPSA) is 55.1 Å². The summed E-state index contributed by atoms with van der Waals surface area (Å²) in [7, 11) is 0. The number of aromatic carboxylic acids is 1. The Bertz CT molecular complexity index is 1180. The molecule has 4 aromatic rings. The summed E-state index contributed by atoms with van der Waals surface area (Å²) in [6, 6.07) is 12.6. The number of nitrogens with zero attached hydrogens (tertiary/aromatic N) is 2. The van der Waals surface area contributed by atoms with E-state index in [0.29, 0.717) is 12.6 Å². The van der Waals surface area contributed by atoms with Crippen molar-refractivity contribution in [3.63, 3.8) is 0 Å². The molecule has 0 aliphatic heterocycles. The fourth-order valence-electron chi connectivity index (χ4n) is 3.21. The molecule has 2 heterocycles. The molecule has 136 valence electrons. The molecule has 4 nitrogen and oxygen atoms in total. The molecule has 4 rings (SSSR count). The van der Waals surface area contributed by atoms with Gasteiger partial charge in [0.05, 0.1) is 22.2 Å². The Morgan fingerprint density at radius 3 is 2.59 bits per heavy atom. The number of halogens is 3. The van der Waals surface area contributed by atoms with Crippen molar-refractivity contribution >= 4 is 27.8 Å². The number of pyridine rings is 1. The SMILES string of the molecule is O=C(O)c1cc(C(F)(F)F)cc2ccn(Cc3cnc4ccccc4c3)c12. The third-order valence-electron chi connectivity index (χ3n) is 4.42. The minimum absolute atomic E-state index is 0.232. The van der Waals surface area contributed by atoms with E-state index in [1.807, 2.05) is 30.3 Å². The number of aromatic nitrogens is 2. The summed E-state index contributed by atoms with van der Waals surface area (Å²) >= 11 is 0. The first-order valence-corrected chi connectivity index (χ1v) is 8.10. The first-order valence-electron chi connectivity index (χ1n) is 8.10. The Balaban J connectivity index is 1.83. The predicted octanol–water partition coefficient (Wildman–Crippen LogP) is 4.95. The van der Waals surface area contributed by atoms with Gasteiger partial charge in [0.15, 0.2) is 0 Å². The highest BCUT2D eigenvalue weighted by Gasteiger charge is 2.32. The number of hydrogen-bond acceptors (Lipinski definition) is 2. The van der Waals surface area contributed by atoms with Crippen molar-refractivity contribution < 1.29 is 23.1 Å². The number of fused-ring (bicyclic) bond motifs is 2. The second kappa shape index (κ2) is 6.12. The Hall–Kier alpha value is -3.35. The van der Waals surface area contributed by atoms with Gasteiger partial charge in [0.25, 0.3) is 0 Å². The van der Waals surface area contributed by atoms with Gasteiger partial charge in [-0.05, 0) is 35.9 Å². The lowest BCUT2D eigenvalue weighted by atomic mass is 10.1. The van der Waals surface area contributed by atoms with Crippen LogP contribution in [0.3, 0.4) is 0 Å². The molecule has 0 unspecified atom stereocenters. The van der Waals surface area contributed by atoms with Crippen molar-refractivity contribution in [3.8, 4) is 0 Å². The molecule has 0 radical (unpaired) electrons. The molecular formula is C20H13F3N2O2. The van der Waals surface area contributed by atoms with Crippen LogP contribution in [0.2, 0.25) is 0 Å². The fraction of sp³-hybridized carbons (Fsp3) is 0.100. The zero-order chi connectivity index (χ0) is 19.2. The van der Waals surface area contributed by atoms with Gasteiger partial charge in [-0.25, -0.2) is 4.79 Å². The molecule has 2 aromatic heterocycles. The molecule has 27 heavy (non-hydrogen) atoms. The number of para-hydroxylation sites is 1. The van der Waals surface area contributed by atoms with Crippen molar-refractivity contribution in [1.29, 1.82) is 0 Å². The zero-order valence-corrected chi connectivity index (χ0v) is 13.9. The Labute approximate surface area is 151 Å². The summed E-state index contributed by atoms with van der Waals surface area (Å²) < 4.78 is 40.8. The maximum Gasteiger partial charge on any atom is 0.416 e. The molecule has 0 spiro atoms. The number of carbonyl (C=O) groups is 1. The van der Waals surface area contributed by atoms with Gasteiger partial charge in [0, 0.05) is 29.7 Å². The molecule has 0 bridgehead atoms. The lowest BCUT2D eigenvalue weighted by Crippen LogP contribution is -2.10. The Morgan fingerprint density at radius 1 is 1.07 bits per heavy atom. The van der Waals surface area contributed by atoms with E-state index in [1.165, 1.54) is 6.07 Å². The normalized spacial score (nSPS) is 12.0. The summed E-state index contributed by atoms with van der Waals surface area (Å²) in [5.74, 6) is -1.40. The van der Waals surface area contributed by atoms with Gasteiger partial charge in [0.1, 0.15) is 0 Å². The van der Waals surface area contributed by atoms with E-state index < -0.39 is 17.7 Å². The highest BCUT2D eigenvalue weighted by Crippen LogP contribution is 2.34. The van der Waals surface area contributed by atoms with Crippen molar-refractivity contribution in [2.75, 3.05) is 0 Å². The molecule has 0 fully saturated rings. The molecule has 0 aliphatic rings. The molecule has 0 saturated heterocycles. The summed E-state index contributed by atoms with van der Waals surface area (Å²) in [5, 5.41) is 10.6. The van der Waals surface area contributed by atoms with Crippen molar-refractivity contribution in [3.05, 3.63) is 77.6 Å². The van der Waals surface area contributed by atoms with Gasteiger partial charge in [-0.1, -0.05) is 18.2 Å². The number of carboxylic acids is 1. The lowest BCUT2D eigenvalue weighted by molar-refractivity contribution is -0.137. The highest BCUT2D eigenvalue weighted by molar-refractivity contribution is 6.03. The standard InChI is InChI=1S/C20H13F3N2O2/c21-20(22,23)15-8-14-5-6-25(18(14)16(9-15)19(26)27)11-12-7-13-3-1-2-4-17(13)24-10-12/h1-10H,11H2,(H,26,27). The zero-order valence-electron chi connectivity index (χ0n) is 13.9. The van der Waals surface area contributed by atoms with Crippen LogP contribution in [0, 0.1) is 0 Å². The minimum Gasteiger partial charge on any atom is -0.478 e. The second-order valence-electron chi connectivity index (χ2n) is 6.24. The van der Waals surface area contributed by atoms with Gasteiger partial charge in [0.2, 0.25) is 0 Å². The van der Waals surface area contributed by atoms with Crippen LogP contribution in [0.25, 0.3) is 21.8 Å². The number of benzene rings is 2. The Kier molecular flexibility index (Phi) is 3.87. The maximum absolute atomic E-state index is 13.1. The van der Waals surface area contributed by atoms with E-state index in [-0.39, 0.29) is 16.5 Å². The van der Waals surface area contributed by atoms with Gasteiger partial charge in [-0.2, -0.15) is 13.2 Å². The van der Waals surface area contributed by atoms with Crippen LogP contribution in [0.1, 0.15) is 21.5 Å². The number of rotatable bonds is 3. The van der Waals surface area contributed by atoms with Crippen LogP contribution in [0.15, 0.2) is 60.9 Å². The predicted molar refractivity (Wildman–Crippen MR) is 94.7 cm³/mol. The molecular weight excluding hydrogens is 357 g/mol. The van der Waals surface area contributed by atoms with E-state index in [4.69, 9.17) is 0 Å². The molecule has 0 saturated carbocycles. The highest BCUT2D eigenvalue weighted by atomic mass is 19.4. The summed E-state index contributed by atoms with van der Waals surface area (Å²) in [6.45, 7) is 0.299. The largest absolute Gasteiger partial charge is 0.478 e. The van der Waals surface area contributed by atoms with Crippen LogP contribution in [0.4, 0.5) is 13.2 Å². The van der Waals surface area contributed by atoms with E-state index in [2.05, 4.69) is 4.98 Å². The van der Waals surface area contributed by atoms with Gasteiger partial charge in [-0.3, -0.25) is 4.98 Å². The molecule has 2 aromatic carbocycles. The molecule has 0 amide bonds. The van der Waals surface area contributed by atoms with Crippen molar-refractivity contribution in [2.45, 2.75) is 12.7 Å².